The normalized spacial score (nSPS) is 12.5. The lowest BCUT2D eigenvalue weighted by molar-refractivity contribution is -0.133. The Morgan fingerprint density at radius 1 is 1.06 bits per heavy atom. The second kappa shape index (κ2) is 5.72. The summed E-state index contributed by atoms with van der Waals surface area (Å²) in [7, 11) is 0. The summed E-state index contributed by atoms with van der Waals surface area (Å²) in [5.41, 5.74) is -0.738. The van der Waals surface area contributed by atoms with E-state index in [1.54, 1.807) is 20.8 Å². The van der Waals surface area contributed by atoms with Crippen LogP contribution >= 0.6 is 0 Å². The first kappa shape index (κ1) is 16.9. The van der Waals surface area contributed by atoms with Gasteiger partial charge in [0, 0.05) is 12.5 Å². The van der Waals surface area contributed by atoms with E-state index >= 15 is 0 Å². The summed E-state index contributed by atoms with van der Waals surface area (Å²) in [5.74, 6) is -0.188. The number of amides is 2. The van der Waals surface area contributed by atoms with Crippen molar-refractivity contribution in [2.75, 3.05) is 0 Å². The van der Waals surface area contributed by atoms with E-state index < -0.39 is 11.7 Å². The number of rotatable bonds is 2. The highest BCUT2D eigenvalue weighted by molar-refractivity contribution is 5.92. The molecule has 0 saturated carbocycles. The van der Waals surface area contributed by atoms with Crippen LogP contribution < -0.4 is 0 Å². The van der Waals surface area contributed by atoms with Crippen molar-refractivity contribution in [3.63, 3.8) is 0 Å². The molecule has 0 fully saturated rings. The Kier molecular flexibility index (Phi) is 5.38. The molecule has 0 rings (SSSR count). The van der Waals surface area contributed by atoms with Gasteiger partial charge in [-0.1, -0.05) is 20.8 Å². The molecular weight excluding hydrogens is 230 g/mol. The third-order valence-corrected chi connectivity index (χ3v) is 2.06. The fraction of sp³-hybridized carbons (Fsp3) is 0.857. The SMILES string of the molecule is CC(C)N(C(=O)CC(C)(C)C)C(=O)OC(C)(C)C. The minimum Gasteiger partial charge on any atom is -0.443 e. The predicted molar refractivity (Wildman–Crippen MR) is 72.3 cm³/mol. The minimum atomic E-state index is -0.591. The highest BCUT2D eigenvalue weighted by atomic mass is 16.6. The maximum Gasteiger partial charge on any atom is 0.417 e. The molecule has 0 unspecified atom stereocenters. The zero-order chi connectivity index (χ0) is 14.7. The van der Waals surface area contributed by atoms with E-state index in [9.17, 15) is 9.59 Å². The number of carbonyl (C=O) groups excluding carboxylic acids is 2. The summed E-state index contributed by atoms with van der Waals surface area (Å²) < 4.78 is 5.26. The Morgan fingerprint density at radius 2 is 1.50 bits per heavy atom. The van der Waals surface area contributed by atoms with Gasteiger partial charge in [0.05, 0.1) is 0 Å². The predicted octanol–water partition coefficient (Wildman–Crippen LogP) is 3.59. The average Bonchev–Trinajstić information content (AvgIpc) is 1.93. The van der Waals surface area contributed by atoms with Gasteiger partial charge in [0.2, 0.25) is 5.91 Å². The molecule has 0 radical (unpaired) electrons. The van der Waals surface area contributed by atoms with E-state index in [0.717, 1.165) is 0 Å². The van der Waals surface area contributed by atoms with Gasteiger partial charge in [-0.3, -0.25) is 4.79 Å². The van der Waals surface area contributed by atoms with E-state index in [4.69, 9.17) is 4.74 Å². The molecule has 0 aromatic rings. The lowest BCUT2D eigenvalue weighted by atomic mass is 9.91. The van der Waals surface area contributed by atoms with E-state index in [1.807, 2.05) is 34.6 Å². The fourth-order valence-corrected chi connectivity index (χ4v) is 1.45. The van der Waals surface area contributed by atoms with E-state index in [0.29, 0.717) is 6.42 Å². The first-order valence-corrected chi connectivity index (χ1v) is 6.38. The topological polar surface area (TPSA) is 46.6 Å². The van der Waals surface area contributed by atoms with Gasteiger partial charge < -0.3 is 4.74 Å². The van der Waals surface area contributed by atoms with Crippen LogP contribution in [0, 0.1) is 5.41 Å². The van der Waals surface area contributed by atoms with Gasteiger partial charge in [0.25, 0.3) is 0 Å². The zero-order valence-electron chi connectivity index (χ0n) is 13.0. The number of nitrogens with zero attached hydrogens (tertiary/aromatic N) is 1. The molecule has 4 nitrogen and oxygen atoms in total. The summed E-state index contributed by atoms with van der Waals surface area (Å²) in [4.78, 5) is 25.4. The maximum absolute atomic E-state index is 12.2. The third kappa shape index (κ3) is 6.62. The zero-order valence-corrected chi connectivity index (χ0v) is 13.0. The van der Waals surface area contributed by atoms with Crippen LogP contribution in [0.15, 0.2) is 0 Å². The molecule has 0 bridgehead atoms. The van der Waals surface area contributed by atoms with Gasteiger partial charge in [-0.2, -0.15) is 0 Å². The van der Waals surface area contributed by atoms with E-state index in [2.05, 4.69) is 0 Å². The Morgan fingerprint density at radius 3 is 1.78 bits per heavy atom. The maximum atomic E-state index is 12.2. The largest absolute Gasteiger partial charge is 0.443 e. The van der Waals surface area contributed by atoms with Crippen molar-refractivity contribution >= 4 is 12.0 Å². The van der Waals surface area contributed by atoms with Crippen LogP contribution in [0.1, 0.15) is 61.8 Å². The highest BCUT2D eigenvalue weighted by Crippen LogP contribution is 2.22. The van der Waals surface area contributed by atoms with Crippen molar-refractivity contribution in [3.8, 4) is 0 Å². The Hall–Kier alpha value is -1.06. The van der Waals surface area contributed by atoms with Crippen LogP contribution in [0.25, 0.3) is 0 Å². The van der Waals surface area contributed by atoms with Crippen LogP contribution in [0.4, 0.5) is 4.79 Å². The van der Waals surface area contributed by atoms with Crippen molar-refractivity contribution in [1.82, 2.24) is 4.90 Å². The van der Waals surface area contributed by atoms with Gasteiger partial charge in [-0.15, -0.1) is 0 Å². The first-order chi connectivity index (χ1) is 7.83. The number of ether oxygens (including phenoxy) is 1. The van der Waals surface area contributed by atoms with Crippen molar-refractivity contribution < 1.29 is 14.3 Å². The quantitative estimate of drug-likeness (QED) is 0.759. The molecule has 0 aromatic carbocycles. The van der Waals surface area contributed by atoms with Crippen molar-refractivity contribution in [1.29, 1.82) is 0 Å². The molecular formula is C14H27NO3. The van der Waals surface area contributed by atoms with Gasteiger partial charge in [0.1, 0.15) is 5.60 Å². The first-order valence-electron chi connectivity index (χ1n) is 6.38. The Labute approximate surface area is 111 Å². The molecule has 0 heterocycles. The number of carbonyl (C=O) groups is 2. The van der Waals surface area contributed by atoms with Crippen LogP contribution in [0.5, 0.6) is 0 Å². The molecule has 0 N–H and O–H groups in total. The van der Waals surface area contributed by atoms with E-state index in [-0.39, 0.29) is 17.4 Å². The highest BCUT2D eigenvalue weighted by Gasteiger charge is 2.31. The van der Waals surface area contributed by atoms with Crippen molar-refractivity contribution in [2.45, 2.75) is 73.5 Å². The molecule has 2 amide bonds. The minimum absolute atomic E-state index is 0.147. The number of hydrogen-bond donors (Lipinski definition) is 0. The summed E-state index contributed by atoms with van der Waals surface area (Å²) in [5, 5.41) is 0. The lowest BCUT2D eigenvalue weighted by Gasteiger charge is -2.30. The second-order valence-corrected chi connectivity index (χ2v) is 7.08. The van der Waals surface area contributed by atoms with Gasteiger partial charge >= 0.3 is 6.09 Å². The molecule has 106 valence electrons. The lowest BCUT2D eigenvalue weighted by Crippen LogP contribution is -2.45. The molecule has 4 heteroatoms. The molecule has 0 saturated heterocycles. The molecule has 0 aliphatic heterocycles. The van der Waals surface area contributed by atoms with Crippen LogP contribution in [0.3, 0.4) is 0 Å². The third-order valence-electron chi connectivity index (χ3n) is 2.06. The molecule has 0 aromatic heterocycles. The van der Waals surface area contributed by atoms with Crippen molar-refractivity contribution in [3.05, 3.63) is 0 Å². The molecule has 0 atom stereocenters. The van der Waals surface area contributed by atoms with E-state index in [1.165, 1.54) is 4.90 Å². The van der Waals surface area contributed by atoms with Crippen LogP contribution in [-0.2, 0) is 9.53 Å². The Balaban J connectivity index is 4.88. The van der Waals surface area contributed by atoms with Crippen LogP contribution in [0.2, 0.25) is 0 Å². The smallest absolute Gasteiger partial charge is 0.417 e. The second-order valence-electron chi connectivity index (χ2n) is 7.08. The Bertz CT molecular complexity index is 280. The summed E-state index contributed by atoms with van der Waals surface area (Å²) in [6, 6.07) is -0.199. The molecule has 0 aliphatic rings. The standard InChI is InChI=1S/C14H27NO3/c1-10(2)15(11(16)9-13(3,4)5)12(17)18-14(6,7)8/h10H,9H2,1-8H3. The molecule has 0 spiro atoms. The molecule has 18 heavy (non-hydrogen) atoms. The monoisotopic (exact) mass is 257 g/mol. The van der Waals surface area contributed by atoms with Gasteiger partial charge in [0.15, 0.2) is 0 Å². The average molecular weight is 257 g/mol. The van der Waals surface area contributed by atoms with Gasteiger partial charge in [-0.25, -0.2) is 9.69 Å². The number of imide groups is 1. The van der Waals surface area contributed by atoms with Crippen molar-refractivity contribution in [2.24, 2.45) is 5.41 Å². The summed E-state index contributed by atoms with van der Waals surface area (Å²) >= 11 is 0. The van der Waals surface area contributed by atoms with Crippen LogP contribution in [-0.4, -0.2) is 28.5 Å². The summed E-state index contributed by atoms with van der Waals surface area (Å²) in [6.45, 7) is 14.9. The fourth-order valence-electron chi connectivity index (χ4n) is 1.45. The molecule has 0 aliphatic carbocycles. The van der Waals surface area contributed by atoms with Gasteiger partial charge in [-0.05, 0) is 40.0 Å². The summed E-state index contributed by atoms with van der Waals surface area (Å²) in [6.07, 6.45) is -0.239. The number of hydrogen-bond acceptors (Lipinski definition) is 3.